The molecule has 23 heavy (non-hydrogen) atoms. The number of fused-ring (bicyclic) bond motifs is 2. The minimum Gasteiger partial charge on any atom is -0.378 e. The van der Waals surface area contributed by atoms with Crippen molar-refractivity contribution >= 4 is 0 Å². The second-order valence-electron chi connectivity index (χ2n) is 6.88. The molecular weight excluding hydrogens is 290 g/mol. The van der Waals surface area contributed by atoms with Crippen LogP contribution in [0.1, 0.15) is 12.0 Å². The Morgan fingerprint density at radius 1 is 1.17 bits per heavy atom. The Bertz CT molecular complexity index is 492. The lowest BCUT2D eigenvalue weighted by molar-refractivity contribution is -0.0522. The molecule has 0 radical (unpaired) electrons. The van der Waals surface area contributed by atoms with E-state index in [2.05, 4.69) is 39.8 Å². The van der Waals surface area contributed by atoms with Gasteiger partial charge < -0.3 is 20.1 Å². The Morgan fingerprint density at radius 3 is 2.91 bits per heavy atom. The molecule has 0 spiro atoms. The van der Waals surface area contributed by atoms with Crippen LogP contribution in [0.25, 0.3) is 0 Å². The average molecular weight is 317 g/mol. The van der Waals surface area contributed by atoms with Crippen LogP contribution < -0.4 is 10.6 Å². The molecule has 3 aliphatic heterocycles. The third-order valence-electron chi connectivity index (χ3n) is 5.29. The molecule has 2 N–H and O–H groups in total. The van der Waals surface area contributed by atoms with Crippen LogP contribution in [0.5, 0.6) is 0 Å². The smallest absolute Gasteiger partial charge is 0.0773 e. The highest BCUT2D eigenvalue weighted by Crippen LogP contribution is 2.32. The summed E-state index contributed by atoms with van der Waals surface area (Å²) in [7, 11) is 0. The first-order chi connectivity index (χ1) is 11.4. The molecule has 4 rings (SSSR count). The van der Waals surface area contributed by atoms with Gasteiger partial charge in [-0.1, -0.05) is 30.3 Å². The molecule has 3 fully saturated rings. The van der Waals surface area contributed by atoms with Gasteiger partial charge in [-0.3, -0.25) is 4.90 Å². The highest BCUT2D eigenvalue weighted by molar-refractivity contribution is 5.13. The summed E-state index contributed by atoms with van der Waals surface area (Å²) < 4.78 is 12.1. The monoisotopic (exact) mass is 317 g/mol. The summed E-state index contributed by atoms with van der Waals surface area (Å²) in [6.07, 6.45) is 1.39. The number of hydrogen-bond donors (Lipinski definition) is 2. The molecule has 3 aliphatic rings. The molecule has 3 unspecified atom stereocenters. The van der Waals surface area contributed by atoms with Gasteiger partial charge in [0.05, 0.1) is 32.0 Å². The molecule has 3 saturated heterocycles. The lowest BCUT2D eigenvalue weighted by Crippen LogP contribution is -2.58. The van der Waals surface area contributed by atoms with E-state index >= 15 is 0 Å². The van der Waals surface area contributed by atoms with Gasteiger partial charge in [0.2, 0.25) is 0 Å². The maximum Gasteiger partial charge on any atom is 0.0773 e. The molecule has 0 saturated carbocycles. The van der Waals surface area contributed by atoms with E-state index in [4.69, 9.17) is 9.47 Å². The number of hydrogen-bond acceptors (Lipinski definition) is 5. The zero-order valence-corrected chi connectivity index (χ0v) is 13.6. The first-order valence-corrected chi connectivity index (χ1v) is 8.83. The van der Waals surface area contributed by atoms with Gasteiger partial charge in [-0.05, 0) is 12.0 Å². The highest BCUT2D eigenvalue weighted by Gasteiger charge is 2.45. The van der Waals surface area contributed by atoms with Crippen molar-refractivity contribution in [2.75, 3.05) is 39.4 Å². The van der Waals surface area contributed by atoms with Gasteiger partial charge in [-0.25, -0.2) is 0 Å². The Morgan fingerprint density at radius 2 is 2.09 bits per heavy atom. The lowest BCUT2D eigenvalue weighted by atomic mass is 10.1. The maximum absolute atomic E-state index is 6.26. The highest BCUT2D eigenvalue weighted by atomic mass is 16.5. The SMILES string of the molecule is c1ccc(COC2CC3COCC2N3C[C@H]2CNCCN2)cc1. The van der Waals surface area contributed by atoms with E-state index in [1.165, 1.54) is 5.56 Å². The quantitative estimate of drug-likeness (QED) is 0.833. The fourth-order valence-electron chi connectivity index (χ4n) is 4.07. The van der Waals surface area contributed by atoms with E-state index in [9.17, 15) is 0 Å². The van der Waals surface area contributed by atoms with Crippen molar-refractivity contribution in [3.63, 3.8) is 0 Å². The van der Waals surface area contributed by atoms with Crippen molar-refractivity contribution in [1.82, 2.24) is 15.5 Å². The molecular formula is C18H27N3O2. The van der Waals surface area contributed by atoms with Crippen molar-refractivity contribution in [3.05, 3.63) is 35.9 Å². The number of ether oxygens (including phenoxy) is 2. The Balaban J connectivity index is 1.36. The predicted molar refractivity (Wildman–Crippen MR) is 89.4 cm³/mol. The minimum absolute atomic E-state index is 0.291. The van der Waals surface area contributed by atoms with Gasteiger partial charge in [0.1, 0.15) is 0 Å². The van der Waals surface area contributed by atoms with E-state index in [0.717, 1.165) is 45.8 Å². The van der Waals surface area contributed by atoms with Crippen LogP contribution in [0.4, 0.5) is 0 Å². The summed E-state index contributed by atoms with van der Waals surface area (Å²) >= 11 is 0. The fraction of sp³-hybridized carbons (Fsp3) is 0.667. The summed E-state index contributed by atoms with van der Waals surface area (Å²) in [5, 5.41) is 7.10. The molecule has 2 bridgehead atoms. The minimum atomic E-state index is 0.291. The second kappa shape index (κ2) is 7.28. The third-order valence-corrected chi connectivity index (χ3v) is 5.29. The van der Waals surface area contributed by atoms with Crippen LogP contribution in [0.15, 0.2) is 30.3 Å². The Labute approximate surface area is 138 Å². The van der Waals surface area contributed by atoms with Gasteiger partial charge in [0.25, 0.3) is 0 Å². The summed E-state index contributed by atoms with van der Waals surface area (Å²) in [5.41, 5.74) is 1.25. The Hall–Kier alpha value is -0.980. The maximum atomic E-state index is 6.26. The molecule has 0 aromatic heterocycles. The largest absolute Gasteiger partial charge is 0.378 e. The van der Waals surface area contributed by atoms with Crippen LogP contribution in [0, 0.1) is 0 Å². The van der Waals surface area contributed by atoms with Gasteiger partial charge in [-0.2, -0.15) is 0 Å². The number of piperazine rings is 1. The molecule has 1 aromatic carbocycles. The molecule has 126 valence electrons. The van der Waals surface area contributed by atoms with E-state index < -0.39 is 0 Å². The molecule has 0 aliphatic carbocycles. The summed E-state index contributed by atoms with van der Waals surface area (Å²) in [6.45, 7) is 6.65. The molecule has 4 atom stereocenters. The summed E-state index contributed by atoms with van der Waals surface area (Å²) in [5.74, 6) is 0. The van der Waals surface area contributed by atoms with Crippen LogP contribution in [0.2, 0.25) is 0 Å². The van der Waals surface area contributed by atoms with Crippen LogP contribution in [-0.2, 0) is 16.1 Å². The van der Waals surface area contributed by atoms with Crippen molar-refractivity contribution < 1.29 is 9.47 Å². The third kappa shape index (κ3) is 3.59. The summed E-state index contributed by atoms with van der Waals surface area (Å²) in [6, 6.07) is 11.9. The first-order valence-electron chi connectivity index (χ1n) is 8.83. The van der Waals surface area contributed by atoms with E-state index in [0.29, 0.717) is 30.8 Å². The first kappa shape index (κ1) is 15.5. The topological polar surface area (TPSA) is 45.8 Å². The van der Waals surface area contributed by atoms with E-state index in [1.54, 1.807) is 0 Å². The van der Waals surface area contributed by atoms with Crippen molar-refractivity contribution in [3.8, 4) is 0 Å². The van der Waals surface area contributed by atoms with E-state index in [-0.39, 0.29) is 0 Å². The van der Waals surface area contributed by atoms with Crippen LogP contribution in [0.3, 0.4) is 0 Å². The average Bonchev–Trinajstić information content (AvgIpc) is 2.79. The normalized spacial score (nSPS) is 34.6. The fourth-order valence-corrected chi connectivity index (χ4v) is 4.07. The van der Waals surface area contributed by atoms with Crippen molar-refractivity contribution in [1.29, 1.82) is 0 Å². The number of morpholine rings is 1. The molecule has 0 amide bonds. The lowest BCUT2D eigenvalue weighted by Gasteiger charge is -2.38. The Kier molecular flexibility index (Phi) is 4.92. The van der Waals surface area contributed by atoms with Gasteiger partial charge in [0.15, 0.2) is 0 Å². The molecule has 5 heteroatoms. The second-order valence-corrected chi connectivity index (χ2v) is 6.88. The number of rotatable bonds is 5. The van der Waals surface area contributed by atoms with Crippen LogP contribution in [-0.4, -0.2) is 68.5 Å². The molecule has 3 heterocycles. The predicted octanol–water partition coefficient (Wildman–Crippen LogP) is 0.606. The molecule has 1 aromatic rings. The zero-order valence-electron chi connectivity index (χ0n) is 13.6. The van der Waals surface area contributed by atoms with Crippen molar-refractivity contribution in [2.45, 2.75) is 37.3 Å². The van der Waals surface area contributed by atoms with E-state index in [1.807, 2.05) is 6.07 Å². The summed E-state index contributed by atoms with van der Waals surface area (Å²) in [4.78, 5) is 2.63. The molecule has 5 nitrogen and oxygen atoms in total. The zero-order chi connectivity index (χ0) is 15.5. The van der Waals surface area contributed by atoms with Crippen molar-refractivity contribution in [2.24, 2.45) is 0 Å². The van der Waals surface area contributed by atoms with Gasteiger partial charge in [-0.15, -0.1) is 0 Å². The van der Waals surface area contributed by atoms with Gasteiger partial charge >= 0.3 is 0 Å². The number of nitrogens with one attached hydrogen (secondary N) is 2. The van der Waals surface area contributed by atoms with Gasteiger partial charge in [0, 0.05) is 38.3 Å². The number of nitrogens with zero attached hydrogens (tertiary/aromatic N) is 1. The standard InChI is InChI=1S/C18H27N3O2/c1-2-4-14(5-3-1)11-23-18-8-16-12-22-13-17(18)21(16)10-15-9-19-6-7-20-15/h1-5,15-20H,6-13H2/t15-,16?,17?,18?/m1/s1. The van der Waals surface area contributed by atoms with Crippen LogP contribution >= 0.6 is 0 Å². The number of benzene rings is 1.